The monoisotopic (exact) mass is 532 g/mol. The van der Waals surface area contributed by atoms with Crippen LogP contribution in [0.5, 0.6) is 0 Å². The van der Waals surface area contributed by atoms with E-state index in [1.807, 2.05) is 6.07 Å². The highest BCUT2D eigenvalue weighted by molar-refractivity contribution is 7.99. The van der Waals surface area contributed by atoms with E-state index in [0.717, 1.165) is 43.5 Å². The molecule has 2 aromatic carbocycles. The van der Waals surface area contributed by atoms with Gasteiger partial charge in [-0.1, -0.05) is 35.5 Å². The highest BCUT2D eigenvalue weighted by Gasteiger charge is 2.46. The van der Waals surface area contributed by atoms with Crippen molar-refractivity contribution in [2.24, 2.45) is 11.1 Å². The number of hydrogen-bond acceptors (Lipinski definition) is 8. The van der Waals surface area contributed by atoms with Crippen LogP contribution in [0.1, 0.15) is 30.0 Å². The summed E-state index contributed by atoms with van der Waals surface area (Å²) in [7, 11) is -2.96. The molecule has 7 nitrogen and oxygen atoms in total. The third-order valence-electron chi connectivity index (χ3n) is 7.03. The standard InChI is InChI=1S/C24H26ClFN6OS2/c1-35(29,33)18-4-2-3-17(20(18)25)34-23-22(28)31-19(13-30-23)32-9-7-24(8-10-32)12-14-11-15(26)5-6-16(14)21(24)27/h2-6,11,13,21,29H,7-10,12,27H2,1H3,(H2,28,31). The number of benzene rings is 2. The van der Waals surface area contributed by atoms with E-state index in [2.05, 4.69) is 14.9 Å². The number of nitrogens with zero attached hydrogens (tertiary/aromatic N) is 3. The van der Waals surface area contributed by atoms with E-state index in [-0.39, 0.29) is 33.0 Å². The maximum absolute atomic E-state index is 13.7. The van der Waals surface area contributed by atoms with Crippen molar-refractivity contribution in [3.05, 3.63) is 64.6 Å². The van der Waals surface area contributed by atoms with Gasteiger partial charge in [-0.3, -0.25) is 0 Å². The van der Waals surface area contributed by atoms with E-state index >= 15 is 0 Å². The van der Waals surface area contributed by atoms with Crippen LogP contribution in [0.2, 0.25) is 5.02 Å². The SMILES string of the molecule is CS(=N)(=O)c1cccc(Sc2ncc(N3CCC4(CC3)Cc3cc(F)ccc3C4N)nc2N)c1Cl. The molecule has 2 heterocycles. The molecule has 5 N–H and O–H groups in total. The third-order valence-corrected chi connectivity index (χ3v) is 9.91. The second-order valence-electron chi connectivity index (χ2n) is 9.28. The predicted molar refractivity (Wildman–Crippen MR) is 138 cm³/mol. The Kier molecular flexibility index (Phi) is 6.19. The summed E-state index contributed by atoms with van der Waals surface area (Å²) in [4.78, 5) is 12.2. The van der Waals surface area contributed by atoms with Gasteiger partial charge >= 0.3 is 0 Å². The van der Waals surface area contributed by atoms with Crippen molar-refractivity contribution in [2.75, 3.05) is 30.0 Å². The average molecular weight is 533 g/mol. The van der Waals surface area contributed by atoms with Crippen molar-refractivity contribution < 1.29 is 8.60 Å². The molecule has 0 bridgehead atoms. The highest BCUT2D eigenvalue weighted by Crippen LogP contribution is 2.51. The summed E-state index contributed by atoms with van der Waals surface area (Å²) in [6.07, 6.45) is 5.56. The smallest absolute Gasteiger partial charge is 0.158 e. The van der Waals surface area contributed by atoms with Crippen LogP contribution >= 0.6 is 23.4 Å². The van der Waals surface area contributed by atoms with Crippen molar-refractivity contribution in [3.8, 4) is 0 Å². The number of piperidine rings is 1. The van der Waals surface area contributed by atoms with E-state index in [1.54, 1.807) is 30.5 Å². The van der Waals surface area contributed by atoms with Gasteiger partial charge in [0.1, 0.15) is 16.7 Å². The minimum Gasteiger partial charge on any atom is -0.381 e. The van der Waals surface area contributed by atoms with Crippen LogP contribution in [0, 0.1) is 16.0 Å². The van der Waals surface area contributed by atoms with E-state index in [0.29, 0.717) is 15.7 Å². The Morgan fingerprint density at radius 2 is 2.03 bits per heavy atom. The summed E-state index contributed by atoms with van der Waals surface area (Å²) in [5.74, 6) is 0.752. The first-order valence-electron chi connectivity index (χ1n) is 11.2. The van der Waals surface area contributed by atoms with Gasteiger partial charge < -0.3 is 16.4 Å². The average Bonchev–Trinajstić information content (AvgIpc) is 3.06. The summed E-state index contributed by atoms with van der Waals surface area (Å²) in [5.41, 5.74) is 14.9. The van der Waals surface area contributed by atoms with Crippen molar-refractivity contribution >= 4 is 44.7 Å². The van der Waals surface area contributed by atoms with Gasteiger partial charge in [0.15, 0.2) is 5.82 Å². The zero-order valence-electron chi connectivity index (χ0n) is 19.1. The van der Waals surface area contributed by atoms with Crippen LogP contribution in [0.3, 0.4) is 0 Å². The van der Waals surface area contributed by atoms with Crippen LogP contribution < -0.4 is 16.4 Å². The molecule has 184 valence electrons. The molecule has 0 radical (unpaired) electrons. The molecule has 0 amide bonds. The second kappa shape index (κ2) is 8.92. The number of hydrogen-bond donors (Lipinski definition) is 3. The maximum Gasteiger partial charge on any atom is 0.158 e. The molecule has 5 rings (SSSR count). The van der Waals surface area contributed by atoms with E-state index in [1.165, 1.54) is 24.1 Å². The lowest BCUT2D eigenvalue weighted by Crippen LogP contribution is -2.44. The van der Waals surface area contributed by atoms with Crippen LogP contribution in [0.15, 0.2) is 57.4 Å². The Morgan fingerprint density at radius 1 is 1.29 bits per heavy atom. The van der Waals surface area contributed by atoms with Crippen molar-refractivity contribution in [1.82, 2.24) is 9.97 Å². The fourth-order valence-corrected chi connectivity index (χ4v) is 7.46. The lowest BCUT2D eigenvalue weighted by atomic mass is 9.73. The summed E-state index contributed by atoms with van der Waals surface area (Å²) in [6, 6.07) is 9.90. The summed E-state index contributed by atoms with van der Waals surface area (Å²) in [5, 5.41) is 0.754. The quantitative estimate of drug-likeness (QED) is 0.437. The number of halogens is 2. The molecule has 1 saturated heterocycles. The molecule has 2 unspecified atom stereocenters. The number of nitrogen functional groups attached to an aromatic ring is 1. The molecule has 1 fully saturated rings. The van der Waals surface area contributed by atoms with Gasteiger partial charge in [-0.05, 0) is 60.1 Å². The molecular formula is C24H26ClFN6OS2. The Labute approximate surface area is 213 Å². The van der Waals surface area contributed by atoms with Gasteiger partial charge in [0.25, 0.3) is 0 Å². The van der Waals surface area contributed by atoms with Gasteiger partial charge in [-0.2, -0.15) is 0 Å². The third kappa shape index (κ3) is 4.48. The number of aromatic nitrogens is 2. The molecule has 1 aromatic heterocycles. The van der Waals surface area contributed by atoms with E-state index < -0.39 is 9.73 Å². The van der Waals surface area contributed by atoms with Crippen molar-refractivity contribution in [2.45, 2.75) is 40.1 Å². The minimum atomic E-state index is -2.96. The molecule has 1 spiro atoms. The Bertz CT molecular complexity index is 1410. The van der Waals surface area contributed by atoms with Crippen molar-refractivity contribution in [1.29, 1.82) is 4.78 Å². The lowest BCUT2D eigenvalue weighted by Gasteiger charge is -2.42. The molecule has 1 aliphatic carbocycles. The van der Waals surface area contributed by atoms with Crippen LogP contribution in [0.4, 0.5) is 16.0 Å². The molecule has 2 aliphatic rings. The Morgan fingerprint density at radius 3 is 2.71 bits per heavy atom. The number of nitrogens with two attached hydrogens (primary N) is 2. The van der Waals surface area contributed by atoms with Gasteiger partial charge in [0, 0.05) is 30.3 Å². The van der Waals surface area contributed by atoms with Crippen LogP contribution in [-0.2, 0) is 16.1 Å². The lowest BCUT2D eigenvalue weighted by molar-refractivity contribution is 0.187. The molecule has 1 aliphatic heterocycles. The predicted octanol–water partition coefficient (Wildman–Crippen LogP) is 4.88. The normalized spacial score (nSPS) is 20.6. The first kappa shape index (κ1) is 24.3. The summed E-state index contributed by atoms with van der Waals surface area (Å²) >= 11 is 7.64. The molecule has 3 aromatic rings. The maximum atomic E-state index is 13.7. The zero-order valence-corrected chi connectivity index (χ0v) is 21.5. The molecule has 0 saturated carbocycles. The number of fused-ring (bicyclic) bond motifs is 1. The highest BCUT2D eigenvalue weighted by atomic mass is 35.5. The van der Waals surface area contributed by atoms with Gasteiger partial charge in [0.05, 0.1) is 25.8 Å². The van der Waals surface area contributed by atoms with E-state index in [9.17, 15) is 8.60 Å². The number of nitrogens with one attached hydrogen (secondary N) is 1. The second-order valence-corrected chi connectivity index (χ2v) is 12.8. The zero-order chi connectivity index (χ0) is 25.0. The van der Waals surface area contributed by atoms with E-state index in [4.69, 9.17) is 27.8 Å². The molecule has 35 heavy (non-hydrogen) atoms. The van der Waals surface area contributed by atoms with Gasteiger partial charge in [-0.25, -0.2) is 23.3 Å². The van der Waals surface area contributed by atoms with Crippen LogP contribution in [0.25, 0.3) is 0 Å². The van der Waals surface area contributed by atoms with Crippen LogP contribution in [-0.4, -0.2) is 33.5 Å². The largest absolute Gasteiger partial charge is 0.381 e. The Hall–Kier alpha value is -2.40. The topological polar surface area (TPSA) is 122 Å². The summed E-state index contributed by atoms with van der Waals surface area (Å²) in [6.45, 7) is 1.51. The number of rotatable bonds is 4. The first-order chi connectivity index (χ1) is 16.6. The first-order valence-corrected chi connectivity index (χ1v) is 14.3. The molecule has 2 atom stereocenters. The van der Waals surface area contributed by atoms with Gasteiger partial charge in [-0.15, -0.1) is 0 Å². The minimum absolute atomic E-state index is 0.0704. The fraction of sp³-hybridized carbons (Fsp3) is 0.333. The number of anilines is 2. The molecule has 11 heteroatoms. The Balaban J connectivity index is 1.30. The van der Waals surface area contributed by atoms with Crippen molar-refractivity contribution in [3.63, 3.8) is 0 Å². The fourth-order valence-electron chi connectivity index (χ4n) is 5.11. The van der Waals surface area contributed by atoms with Gasteiger partial charge in [0.2, 0.25) is 0 Å². The summed E-state index contributed by atoms with van der Waals surface area (Å²) < 4.78 is 33.8. The molecular weight excluding hydrogens is 507 g/mol.